The molecular weight excluding hydrogens is 386 g/mol. The Bertz CT molecular complexity index is 818. The minimum atomic E-state index is -0.561. The summed E-state index contributed by atoms with van der Waals surface area (Å²) < 4.78 is 7.92. The minimum absolute atomic E-state index is 0.0528. The molecule has 3 aromatic carbocycles. The number of rotatable bonds is 5. The highest BCUT2D eigenvalue weighted by molar-refractivity contribution is 9.10. The molecule has 4 rings (SSSR count). The Labute approximate surface area is 163 Å². The van der Waals surface area contributed by atoms with E-state index >= 15 is 0 Å². The second-order valence-electron chi connectivity index (χ2n) is 7.13. The molecule has 2 nitrogen and oxygen atoms in total. The number of ether oxygens (including phenoxy) is 1. The lowest BCUT2D eigenvalue weighted by atomic mass is 9.62. The molecule has 1 aliphatic heterocycles. The summed E-state index contributed by atoms with van der Waals surface area (Å²) in [5, 5.41) is 3.45. The van der Waals surface area contributed by atoms with Gasteiger partial charge in [0, 0.05) is 34.1 Å². The zero-order valence-corrected chi connectivity index (χ0v) is 16.4. The maximum atomic E-state index is 6.88. The van der Waals surface area contributed by atoms with Crippen molar-refractivity contribution in [3.63, 3.8) is 0 Å². The molecule has 0 saturated carbocycles. The van der Waals surface area contributed by atoms with Gasteiger partial charge in [-0.15, -0.1) is 0 Å². The van der Waals surface area contributed by atoms with Crippen LogP contribution >= 0.6 is 15.9 Å². The van der Waals surface area contributed by atoms with Crippen LogP contribution in [0.3, 0.4) is 0 Å². The van der Waals surface area contributed by atoms with Crippen molar-refractivity contribution in [3.8, 4) is 5.75 Å². The first-order valence-corrected chi connectivity index (χ1v) is 9.70. The summed E-state index contributed by atoms with van der Waals surface area (Å²) >= 11 is 3.51. The molecule has 26 heavy (non-hydrogen) atoms. The fourth-order valence-corrected chi connectivity index (χ4v) is 4.14. The molecule has 0 amide bonds. The SMILES string of the molecule is CC1(C(Oc2ccc(Br)cc2)(c2ccccc2)c2ccccc2)CNC1. The van der Waals surface area contributed by atoms with Crippen LogP contribution in [0.5, 0.6) is 5.75 Å². The van der Waals surface area contributed by atoms with E-state index in [2.05, 4.69) is 88.8 Å². The van der Waals surface area contributed by atoms with Crippen molar-refractivity contribution in [1.29, 1.82) is 0 Å². The van der Waals surface area contributed by atoms with Gasteiger partial charge in [-0.3, -0.25) is 0 Å². The van der Waals surface area contributed by atoms with E-state index in [4.69, 9.17) is 4.74 Å². The molecule has 0 radical (unpaired) electrons. The molecule has 1 N–H and O–H groups in total. The zero-order chi connectivity index (χ0) is 18.0. The third-order valence-corrected chi connectivity index (χ3v) is 5.85. The second-order valence-corrected chi connectivity index (χ2v) is 8.05. The van der Waals surface area contributed by atoms with E-state index in [1.165, 1.54) is 11.1 Å². The van der Waals surface area contributed by atoms with Crippen LogP contribution in [0, 0.1) is 5.41 Å². The highest BCUT2D eigenvalue weighted by atomic mass is 79.9. The van der Waals surface area contributed by atoms with Crippen molar-refractivity contribution >= 4 is 15.9 Å². The van der Waals surface area contributed by atoms with E-state index in [9.17, 15) is 0 Å². The van der Waals surface area contributed by atoms with Gasteiger partial charge in [-0.2, -0.15) is 0 Å². The van der Waals surface area contributed by atoms with E-state index in [1.807, 2.05) is 24.3 Å². The molecule has 1 heterocycles. The predicted molar refractivity (Wildman–Crippen MR) is 109 cm³/mol. The molecule has 0 spiro atoms. The van der Waals surface area contributed by atoms with E-state index in [1.54, 1.807) is 0 Å². The van der Waals surface area contributed by atoms with Crippen molar-refractivity contribution in [2.45, 2.75) is 12.5 Å². The monoisotopic (exact) mass is 407 g/mol. The van der Waals surface area contributed by atoms with Crippen LogP contribution in [0.2, 0.25) is 0 Å². The molecule has 1 saturated heterocycles. The van der Waals surface area contributed by atoms with Crippen molar-refractivity contribution in [1.82, 2.24) is 5.32 Å². The Balaban J connectivity index is 1.93. The molecule has 1 fully saturated rings. The summed E-state index contributed by atoms with van der Waals surface area (Å²) in [5.74, 6) is 0.869. The van der Waals surface area contributed by atoms with Crippen LogP contribution in [-0.4, -0.2) is 13.1 Å². The number of hydrogen-bond donors (Lipinski definition) is 1. The Morgan fingerprint density at radius 3 is 1.73 bits per heavy atom. The summed E-state index contributed by atoms with van der Waals surface area (Å²) in [6, 6.07) is 29.3. The van der Waals surface area contributed by atoms with Gasteiger partial charge in [-0.25, -0.2) is 0 Å². The van der Waals surface area contributed by atoms with E-state index in [-0.39, 0.29) is 5.41 Å². The molecular formula is C23H22BrNO. The van der Waals surface area contributed by atoms with E-state index < -0.39 is 5.60 Å². The quantitative estimate of drug-likeness (QED) is 0.612. The Kier molecular flexibility index (Phi) is 4.60. The van der Waals surface area contributed by atoms with Crippen LogP contribution in [0.25, 0.3) is 0 Å². The Morgan fingerprint density at radius 1 is 0.808 bits per heavy atom. The molecule has 0 bridgehead atoms. The first kappa shape index (κ1) is 17.3. The summed E-state index contributed by atoms with van der Waals surface area (Å²) in [6.07, 6.45) is 0. The first-order valence-electron chi connectivity index (χ1n) is 8.90. The summed E-state index contributed by atoms with van der Waals surface area (Å²) in [7, 11) is 0. The average Bonchev–Trinajstić information content (AvgIpc) is 2.67. The van der Waals surface area contributed by atoms with Gasteiger partial charge in [0.25, 0.3) is 0 Å². The van der Waals surface area contributed by atoms with Gasteiger partial charge in [-0.1, -0.05) is 83.5 Å². The third-order valence-electron chi connectivity index (χ3n) is 5.33. The number of benzene rings is 3. The predicted octanol–water partition coefficient (Wildman–Crippen LogP) is 5.38. The smallest absolute Gasteiger partial charge is 0.167 e. The lowest BCUT2D eigenvalue weighted by Crippen LogP contribution is -2.65. The lowest BCUT2D eigenvalue weighted by Gasteiger charge is -2.54. The van der Waals surface area contributed by atoms with Crippen LogP contribution in [0.15, 0.2) is 89.4 Å². The van der Waals surface area contributed by atoms with E-state index in [0.29, 0.717) is 0 Å². The topological polar surface area (TPSA) is 21.3 Å². The first-order chi connectivity index (χ1) is 12.6. The standard InChI is InChI=1S/C23H22BrNO/c1-22(16-25-17-22)23(18-8-4-2-5-9-18,19-10-6-3-7-11-19)26-21-14-12-20(24)13-15-21/h2-15,25H,16-17H2,1H3. The molecule has 1 aliphatic rings. The maximum Gasteiger partial charge on any atom is 0.167 e. The largest absolute Gasteiger partial charge is 0.477 e. The normalized spacial score (nSPS) is 15.9. The molecule has 132 valence electrons. The van der Waals surface area contributed by atoms with Crippen molar-refractivity contribution in [2.24, 2.45) is 5.41 Å². The molecule has 0 aliphatic carbocycles. The fraction of sp³-hybridized carbons (Fsp3) is 0.217. The molecule has 0 unspecified atom stereocenters. The summed E-state index contributed by atoms with van der Waals surface area (Å²) in [5.41, 5.74) is 1.74. The van der Waals surface area contributed by atoms with Gasteiger partial charge in [0.1, 0.15) is 5.75 Å². The molecule has 0 atom stereocenters. The average molecular weight is 408 g/mol. The van der Waals surface area contributed by atoms with Gasteiger partial charge in [-0.05, 0) is 24.3 Å². The minimum Gasteiger partial charge on any atom is -0.477 e. The van der Waals surface area contributed by atoms with Crippen molar-refractivity contribution in [2.75, 3.05) is 13.1 Å². The van der Waals surface area contributed by atoms with Crippen LogP contribution in [0.1, 0.15) is 18.1 Å². The Hall–Kier alpha value is -2.10. The van der Waals surface area contributed by atoms with Crippen LogP contribution in [-0.2, 0) is 5.60 Å². The molecule has 3 aromatic rings. The lowest BCUT2D eigenvalue weighted by molar-refractivity contribution is -0.0559. The molecule has 3 heteroatoms. The highest BCUT2D eigenvalue weighted by Crippen LogP contribution is 2.50. The second kappa shape index (κ2) is 6.90. The Morgan fingerprint density at radius 2 is 1.31 bits per heavy atom. The number of hydrogen-bond acceptors (Lipinski definition) is 2. The van der Waals surface area contributed by atoms with Gasteiger partial charge in [0.2, 0.25) is 0 Å². The summed E-state index contributed by atoms with van der Waals surface area (Å²) in [4.78, 5) is 0. The van der Waals surface area contributed by atoms with Gasteiger partial charge < -0.3 is 10.1 Å². The molecule has 0 aromatic heterocycles. The van der Waals surface area contributed by atoms with Gasteiger partial charge >= 0.3 is 0 Å². The third kappa shape index (κ3) is 2.85. The van der Waals surface area contributed by atoms with Crippen LogP contribution in [0.4, 0.5) is 0 Å². The van der Waals surface area contributed by atoms with Gasteiger partial charge in [0.05, 0.1) is 0 Å². The van der Waals surface area contributed by atoms with Crippen molar-refractivity contribution < 1.29 is 4.74 Å². The highest BCUT2D eigenvalue weighted by Gasteiger charge is 2.56. The van der Waals surface area contributed by atoms with Crippen LogP contribution < -0.4 is 10.1 Å². The summed E-state index contributed by atoms with van der Waals surface area (Å²) in [6.45, 7) is 4.13. The van der Waals surface area contributed by atoms with Crippen molar-refractivity contribution in [3.05, 3.63) is 101 Å². The maximum absolute atomic E-state index is 6.88. The fourth-order valence-electron chi connectivity index (χ4n) is 3.88. The number of nitrogens with one attached hydrogen (secondary N) is 1. The van der Waals surface area contributed by atoms with E-state index in [0.717, 1.165) is 23.3 Å². The number of halogens is 1. The zero-order valence-electron chi connectivity index (χ0n) is 14.8. The van der Waals surface area contributed by atoms with Gasteiger partial charge in [0.15, 0.2) is 5.60 Å².